The lowest BCUT2D eigenvalue weighted by Crippen LogP contribution is -2.17. The van der Waals surface area contributed by atoms with Gasteiger partial charge in [-0.15, -0.1) is 0 Å². The van der Waals surface area contributed by atoms with Crippen molar-refractivity contribution in [3.63, 3.8) is 0 Å². The molecule has 1 atom stereocenters. The molecule has 4 aromatic carbocycles. The molecular weight excluding hydrogens is 446 g/mol. The molecule has 0 fully saturated rings. The maximum atomic E-state index is 6.48. The van der Waals surface area contributed by atoms with Gasteiger partial charge in [0, 0.05) is 33.3 Å². The van der Waals surface area contributed by atoms with E-state index < -0.39 is 0 Å². The molecule has 0 bridgehead atoms. The summed E-state index contributed by atoms with van der Waals surface area (Å²) in [4.78, 5) is 4.84. The number of hydrogen-bond acceptors (Lipinski definition) is 2. The van der Waals surface area contributed by atoms with Crippen LogP contribution in [-0.4, -0.2) is 6.21 Å². The highest BCUT2D eigenvalue weighted by molar-refractivity contribution is 9.10. The van der Waals surface area contributed by atoms with Gasteiger partial charge >= 0.3 is 0 Å². The first-order chi connectivity index (χ1) is 15.3. The lowest BCUT2D eigenvalue weighted by molar-refractivity contribution is 0.489. The Morgan fingerprint density at radius 2 is 1.35 bits per heavy atom. The largest absolute Gasteiger partial charge is 0.456 e. The fourth-order valence-electron chi connectivity index (χ4n) is 3.93. The van der Waals surface area contributed by atoms with E-state index in [1.54, 1.807) is 0 Å². The number of allylic oxidation sites excluding steroid dienone is 1. The standard InChI is InChI=1S/C28H20BrNO/c29-24-16-8-9-17-25(24)30-19-23-27(20-11-3-1-4-12-20)22-15-7-10-18-26(22)31-28(23)21-13-5-2-6-14-21/h1-19,27H/t27-/m0/s1. The molecule has 5 rings (SSSR count). The molecule has 0 unspecified atom stereocenters. The lowest BCUT2D eigenvalue weighted by Gasteiger charge is -2.30. The molecule has 0 amide bonds. The molecule has 3 heteroatoms. The molecule has 31 heavy (non-hydrogen) atoms. The number of ether oxygens (including phenoxy) is 1. The summed E-state index contributed by atoms with van der Waals surface area (Å²) in [5, 5.41) is 0. The summed E-state index contributed by atoms with van der Waals surface area (Å²) in [6.45, 7) is 0. The Morgan fingerprint density at radius 1 is 0.710 bits per heavy atom. The van der Waals surface area contributed by atoms with Gasteiger partial charge in [-0.3, -0.25) is 4.99 Å². The van der Waals surface area contributed by atoms with Crippen LogP contribution < -0.4 is 4.74 Å². The number of rotatable bonds is 4. The SMILES string of the molecule is Brc1ccccc1N=CC1=C(c2ccccc2)Oc2ccccc2[C@@H]1c1ccccc1. The molecule has 0 spiro atoms. The highest BCUT2D eigenvalue weighted by Gasteiger charge is 2.30. The van der Waals surface area contributed by atoms with Crippen molar-refractivity contribution in [2.24, 2.45) is 4.99 Å². The highest BCUT2D eigenvalue weighted by Crippen LogP contribution is 2.45. The Kier molecular flexibility index (Phi) is 5.51. The summed E-state index contributed by atoms with van der Waals surface area (Å²) < 4.78 is 7.44. The van der Waals surface area contributed by atoms with Gasteiger partial charge < -0.3 is 4.74 Å². The van der Waals surface area contributed by atoms with Gasteiger partial charge in [-0.1, -0.05) is 91.0 Å². The minimum atomic E-state index is 0.0209. The van der Waals surface area contributed by atoms with Gasteiger partial charge in [0.25, 0.3) is 0 Å². The normalized spacial score (nSPS) is 15.6. The molecular formula is C28H20BrNO. The zero-order valence-corrected chi connectivity index (χ0v) is 18.4. The fraction of sp³-hybridized carbons (Fsp3) is 0.0357. The minimum Gasteiger partial charge on any atom is -0.456 e. The zero-order chi connectivity index (χ0) is 21.0. The van der Waals surface area contributed by atoms with E-state index in [0.29, 0.717) is 0 Å². The maximum Gasteiger partial charge on any atom is 0.140 e. The number of para-hydroxylation sites is 2. The third kappa shape index (κ3) is 3.97. The van der Waals surface area contributed by atoms with Crippen molar-refractivity contribution >= 4 is 33.6 Å². The average Bonchev–Trinajstić information content (AvgIpc) is 2.84. The Labute approximate surface area is 190 Å². The van der Waals surface area contributed by atoms with Gasteiger partial charge in [-0.05, 0) is 39.7 Å². The van der Waals surface area contributed by atoms with Crippen LogP contribution in [0.2, 0.25) is 0 Å². The van der Waals surface area contributed by atoms with Crippen molar-refractivity contribution in [2.45, 2.75) is 5.92 Å². The van der Waals surface area contributed by atoms with Crippen LogP contribution in [0.4, 0.5) is 5.69 Å². The molecule has 0 N–H and O–H groups in total. The molecule has 2 nitrogen and oxygen atoms in total. The van der Waals surface area contributed by atoms with Gasteiger partial charge in [-0.25, -0.2) is 0 Å². The molecule has 0 saturated carbocycles. The van der Waals surface area contributed by atoms with Crippen molar-refractivity contribution in [1.82, 2.24) is 0 Å². The predicted molar refractivity (Wildman–Crippen MR) is 131 cm³/mol. The fourth-order valence-corrected chi connectivity index (χ4v) is 4.32. The minimum absolute atomic E-state index is 0.0209. The summed E-state index contributed by atoms with van der Waals surface area (Å²) in [7, 11) is 0. The van der Waals surface area contributed by atoms with Crippen molar-refractivity contribution in [1.29, 1.82) is 0 Å². The Hall–Kier alpha value is -3.43. The van der Waals surface area contributed by atoms with E-state index in [-0.39, 0.29) is 5.92 Å². The van der Waals surface area contributed by atoms with Crippen LogP contribution in [-0.2, 0) is 0 Å². The van der Waals surface area contributed by atoms with Gasteiger partial charge in [0.2, 0.25) is 0 Å². The van der Waals surface area contributed by atoms with E-state index >= 15 is 0 Å². The van der Waals surface area contributed by atoms with E-state index in [2.05, 4.69) is 64.5 Å². The third-order valence-electron chi connectivity index (χ3n) is 5.38. The van der Waals surface area contributed by atoms with Crippen LogP contribution in [0, 0.1) is 0 Å². The van der Waals surface area contributed by atoms with Gasteiger partial charge in [-0.2, -0.15) is 0 Å². The second-order valence-electron chi connectivity index (χ2n) is 7.34. The zero-order valence-electron chi connectivity index (χ0n) is 16.8. The molecule has 1 aliphatic heterocycles. The Bertz CT molecular complexity index is 1260. The van der Waals surface area contributed by atoms with E-state index in [0.717, 1.165) is 38.4 Å². The highest BCUT2D eigenvalue weighted by atomic mass is 79.9. The first kappa shape index (κ1) is 19.5. The topological polar surface area (TPSA) is 21.6 Å². The number of nitrogens with zero attached hydrogens (tertiary/aromatic N) is 1. The second-order valence-corrected chi connectivity index (χ2v) is 8.20. The van der Waals surface area contributed by atoms with Gasteiger partial charge in [0.15, 0.2) is 0 Å². The number of benzene rings is 4. The first-order valence-corrected chi connectivity index (χ1v) is 11.0. The van der Waals surface area contributed by atoms with Crippen LogP contribution in [0.15, 0.2) is 124 Å². The summed E-state index contributed by atoms with van der Waals surface area (Å²) >= 11 is 3.61. The van der Waals surface area contributed by atoms with Crippen molar-refractivity contribution in [3.8, 4) is 5.75 Å². The molecule has 4 aromatic rings. The summed E-state index contributed by atoms with van der Waals surface area (Å²) in [6, 6.07) is 37.0. The smallest absolute Gasteiger partial charge is 0.140 e. The quantitative estimate of drug-likeness (QED) is 0.281. The molecule has 1 heterocycles. The first-order valence-electron chi connectivity index (χ1n) is 10.2. The molecule has 0 radical (unpaired) electrons. The molecule has 0 aliphatic carbocycles. The number of hydrogen-bond donors (Lipinski definition) is 0. The van der Waals surface area contributed by atoms with E-state index in [1.807, 2.05) is 66.9 Å². The van der Waals surface area contributed by atoms with Crippen molar-refractivity contribution in [2.75, 3.05) is 0 Å². The van der Waals surface area contributed by atoms with Crippen LogP contribution in [0.1, 0.15) is 22.6 Å². The summed E-state index contributed by atoms with van der Waals surface area (Å²) in [6.07, 6.45) is 1.95. The van der Waals surface area contributed by atoms with Crippen molar-refractivity contribution in [3.05, 3.63) is 136 Å². The molecule has 0 saturated heterocycles. The number of fused-ring (bicyclic) bond motifs is 1. The Balaban J connectivity index is 1.74. The van der Waals surface area contributed by atoms with Gasteiger partial charge in [0.1, 0.15) is 11.5 Å². The van der Waals surface area contributed by atoms with E-state index in [9.17, 15) is 0 Å². The number of aliphatic imine (C=N–C) groups is 1. The van der Waals surface area contributed by atoms with E-state index in [4.69, 9.17) is 9.73 Å². The summed E-state index contributed by atoms with van der Waals surface area (Å²) in [5.41, 5.74) is 5.30. The lowest BCUT2D eigenvalue weighted by atomic mass is 9.81. The second kappa shape index (κ2) is 8.75. The Morgan fingerprint density at radius 3 is 2.13 bits per heavy atom. The third-order valence-corrected chi connectivity index (χ3v) is 6.05. The average molecular weight is 466 g/mol. The maximum absolute atomic E-state index is 6.48. The van der Waals surface area contributed by atoms with Gasteiger partial charge in [0.05, 0.1) is 5.69 Å². The predicted octanol–water partition coefficient (Wildman–Crippen LogP) is 7.79. The van der Waals surface area contributed by atoms with E-state index in [1.165, 1.54) is 5.56 Å². The molecule has 150 valence electrons. The molecule has 1 aliphatic rings. The number of halogens is 1. The van der Waals surface area contributed by atoms with Crippen LogP contribution in [0.25, 0.3) is 5.76 Å². The summed E-state index contributed by atoms with van der Waals surface area (Å²) in [5.74, 6) is 1.74. The monoisotopic (exact) mass is 465 g/mol. The van der Waals surface area contributed by atoms with Crippen LogP contribution >= 0.6 is 15.9 Å². The van der Waals surface area contributed by atoms with Crippen molar-refractivity contribution < 1.29 is 4.74 Å². The molecule has 0 aromatic heterocycles. The van der Waals surface area contributed by atoms with Crippen LogP contribution in [0.5, 0.6) is 5.75 Å². The van der Waals surface area contributed by atoms with Crippen LogP contribution in [0.3, 0.4) is 0 Å².